The fraction of sp³-hybridized carbons (Fsp3) is 0.615. The number of nitrogens with two attached hydrogens (primary N) is 1. The van der Waals surface area contributed by atoms with Gasteiger partial charge in [0.25, 0.3) is 0 Å². The van der Waals surface area contributed by atoms with Gasteiger partial charge in [-0.25, -0.2) is 4.98 Å². The number of hydrogen-bond acceptors (Lipinski definition) is 4. The van der Waals surface area contributed by atoms with Crippen LogP contribution in [0.25, 0.3) is 0 Å². The lowest BCUT2D eigenvalue weighted by Crippen LogP contribution is -2.55. The first-order chi connectivity index (χ1) is 8.52. The summed E-state index contributed by atoms with van der Waals surface area (Å²) in [6.07, 6.45) is 0. The number of pyridine rings is 1. The summed E-state index contributed by atoms with van der Waals surface area (Å²) in [6, 6.07) is 4.91. The van der Waals surface area contributed by atoms with Gasteiger partial charge in [0.15, 0.2) is 0 Å². The van der Waals surface area contributed by atoms with Gasteiger partial charge in [0.05, 0.1) is 10.7 Å². The van der Waals surface area contributed by atoms with Crippen molar-refractivity contribution in [3.8, 4) is 0 Å². The highest BCUT2D eigenvalue weighted by atomic mass is 35.5. The van der Waals surface area contributed by atoms with E-state index in [0.717, 1.165) is 24.6 Å². The van der Waals surface area contributed by atoms with E-state index in [2.05, 4.69) is 35.7 Å². The highest BCUT2D eigenvalue weighted by Gasteiger charge is 2.27. The zero-order chi connectivity index (χ0) is 13.3. The number of anilines is 1. The molecule has 1 aliphatic rings. The Kier molecular flexibility index (Phi) is 4.10. The molecule has 18 heavy (non-hydrogen) atoms. The van der Waals surface area contributed by atoms with Crippen molar-refractivity contribution in [2.75, 3.05) is 25.0 Å². The predicted molar refractivity (Wildman–Crippen MR) is 76.0 cm³/mol. The van der Waals surface area contributed by atoms with E-state index in [0.29, 0.717) is 23.7 Å². The van der Waals surface area contributed by atoms with E-state index < -0.39 is 0 Å². The third kappa shape index (κ3) is 2.60. The number of likely N-dealkylation sites (N-methyl/N-ethyl adjacent to an activating group) is 1. The molecule has 2 N–H and O–H groups in total. The van der Waals surface area contributed by atoms with Gasteiger partial charge in [-0.05, 0) is 33.0 Å². The van der Waals surface area contributed by atoms with Crippen LogP contribution in [0, 0.1) is 0 Å². The Labute approximate surface area is 114 Å². The van der Waals surface area contributed by atoms with Crippen molar-refractivity contribution < 1.29 is 0 Å². The van der Waals surface area contributed by atoms with Gasteiger partial charge < -0.3 is 10.6 Å². The first-order valence-electron chi connectivity index (χ1n) is 6.35. The van der Waals surface area contributed by atoms with E-state index in [4.69, 9.17) is 17.3 Å². The molecule has 0 saturated carbocycles. The number of rotatable bonds is 2. The molecular weight excluding hydrogens is 248 g/mol. The second-order valence-corrected chi connectivity index (χ2v) is 5.48. The van der Waals surface area contributed by atoms with Crippen molar-refractivity contribution in [3.63, 3.8) is 0 Å². The van der Waals surface area contributed by atoms with E-state index in [1.807, 2.05) is 12.1 Å². The molecule has 0 aromatic carbocycles. The molecule has 0 bridgehead atoms. The normalized spacial score (nSPS) is 25.5. The van der Waals surface area contributed by atoms with Crippen LogP contribution in [0.1, 0.15) is 19.5 Å². The zero-order valence-corrected chi connectivity index (χ0v) is 12.0. The fourth-order valence-corrected chi connectivity index (χ4v) is 2.57. The largest absolute Gasteiger partial charge is 0.353 e. The molecule has 0 radical (unpaired) electrons. The maximum absolute atomic E-state index is 6.05. The summed E-state index contributed by atoms with van der Waals surface area (Å²) in [5.74, 6) is 0.978. The van der Waals surface area contributed by atoms with Crippen LogP contribution in [0.2, 0.25) is 5.02 Å². The molecule has 1 fully saturated rings. The predicted octanol–water partition coefficient (Wildman–Crippen LogP) is 1.72. The molecule has 0 aliphatic carbocycles. The van der Waals surface area contributed by atoms with Gasteiger partial charge in [0.2, 0.25) is 0 Å². The Hall–Kier alpha value is -0.840. The highest BCUT2D eigenvalue weighted by molar-refractivity contribution is 6.31. The molecule has 2 rings (SSSR count). The molecule has 4 nitrogen and oxygen atoms in total. The number of piperazine rings is 1. The van der Waals surface area contributed by atoms with Crippen LogP contribution in [0.5, 0.6) is 0 Å². The van der Waals surface area contributed by atoms with Crippen molar-refractivity contribution in [1.29, 1.82) is 0 Å². The molecular formula is C13H21ClN4. The quantitative estimate of drug-likeness (QED) is 0.887. The lowest BCUT2D eigenvalue weighted by atomic mass is 10.1. The van der Waals surface area contributed by atoms with E-state index in [1.54, 1.807) is 0 Å². The van der Waals surface area contributed by atoms with Crippen LogP contribution in [0.4, 0.5) is 5.82 Å². The van der Waals surface area contributed by atoms with Crippen LogP contribution in [0.3, 0.4) is 0 Å². The third-order valence-electron chi connectivity index (χ3n) is 3.78. The minimum absolute atomic E-state index is 0.380. The van der Waals surface area contributed by atoms with Crippen LogP contribution < -0.4 is 10.6 Å². The molecule has 1 aliphatic heterocycles. The SMILES string of the molecule is CC1CN(c2ccc(Cl)c(CN)n2)CC(C)N1C. The van der Waals surface area contributed by atoms with Gasteiger partial charge in [-0.1, -0.05) is 11.6 Å². The molecule has 2 unspecified atom stereocenters. The van der Waals surface area contributed by atoms with Crippen molar-refractivity contribution in [2.45, 2.75) is 32.5 Å². The number of hydrogen-bond donors (Lipinski definition) is 1. The summed E-state index contributed by atoms with van der Waals surface area (Å²) in [7, 11) is 2.17. The topological polar surface area (TPSA) is 45.4 Å². The molecule has 1 saturated heterocycles. The lowest BCUT2D eigenvalue weighted by Gasteiger charge is -2.43. The van der Waals surface area contributed by atoms with Crippen LogP contribution in [-0.2, 0) is 6.54 Å². The van der Waals surface area contributed by atoms with Crippen LogP contribution in [-0.4, -0.2) is 42.1 Å². The maximum atomic E-state index is 6.05. The summed E-state index contributed by atoms with van der Waals surface area (Å²) < 4.78 is 0. The summed E-state index contributed by atoms with van der Waals surface area (Å²) in [5, 5.41) is 0.650. The first-order valence-corrected chi connectivity index (χ1v) is 6.73. The van der Waals surface area contributed by atoms with E-state index >= 15 is 0 Å². The second kappa shape index (κ2) is 5.43. The van der Waals surface area contributed by atoms with E-state index in [9.17, 15) is 0 Å². The summed E-state index contributed by atoms with van der Waals surface area (Å²) in [4.78, 5) is 9.27. The minimum Gasteiger partial charge on any atom is -0.353 e. The molecule has 5 heteroatoms. The molecule has 1 aromatic heterocycles. The van der Waals surface area contributed by atoms with Gasteiger partial charge >= 0.3 is 0 Å². The Morgan fingerprint density at radius 3 is 2.50 bits per heavy atom. The third-order valence-corrected chi connectivity index (χ3v) is 4.13. The van der Waals surface area contributed by atoms with Crippen molar-refractivity contribution in [3.05, 3.63) is 22.8 Å². The summed E-state index contributed by atoms with van der Waals surface area (Å²) in [5.41, 5.74) is 6.42. The van der Waals surface area contributed by atoms with Gasteiger partial charge in [0.1, 0.15) is 5.82 Å². The first kappa shape index (κ1) is 13.6. The van der Waals surface area contributed by atoms with Gasteiger partial charge in [-0.2, -0.15) is 0 Å². The molecule has 0 spiro atoms. The molecule has 0 amide bonds. The number of halogens is 1. The zero-order valence-electron chi connectivity index (χ0n) is 11.2. The maximum Gasteiger partial charge on any atom is 0.129 e. The Bertz CT molecular complexity index is 411. The Balaban J connectivity index is 2.21. The molecule has 2 atom stereocenters. The Morgan fingerprint density at radius 2 is 1.94 bits per heavy atom. The summed E-state index contributed by atoms with van der Waals surface area (Å²) >= 11 is 6.05. The van der Waals surface area contributed by atoms with Crippen molar-refractivity contribution in [1.82, 2.24) is 9.88 Å². The van der Waals surface area contributed by atoms with Crippen molar-refractivity contribution >= 4 is 17.4 Å². The smallest absolute Gasteiger partial charge is 0.129 e. The minimum atomic E-state index is 0.380. The summed E-state index contributed by atoms with van der Waals surface area (Å²) in [6.45, 7) is 6.83. The fourth-order valence-electron chi connectivity index (χ4n) is 2.38. The average molecular weight is 269 g/mol. The highest BCUT2D eigenvalue weighted by Crippen LogP contribution is 2.23. The molecule has 2 heterocycles. The van der Waals surface area contributed by atoms with E-state index in [-0.39, 0.29) is 0 Å². The van der Waals surface area contributed by atoms with E-state index in [1.165, 1.54) is 0 Å². The second-order valence-electron chi connectivity index (χ2n) is 5.07. The van der Waals surface area contributed by atoms with Crippen LogP contribution >= 0.6 is 11.6 Å². The standard InChI is InChI=1S/C13H21ClN4/c1-9-7-18(8-10(2)17(9)3)13-5-4-11(14)12(6-15)16-13/h4-5,9-10H,6-8,15H2,1-3H3. The monoisotopic (exact) mass is 268 g/mol. The van der Waals surface area contributed by atoms with Crippen LogP contribution in [0.15, 0.2) is 12.1 Å². The molecule has 100 valence electrons. The molecule has 1 aromatic rings. The Morgan fingerprint density at radius 1 is 1.33 bits per heavy atom. The number of aromatic nitrogens is 1. The number of nitrogens with zero attached hydrogens (tertiary/aromatic N) is 3. The lowest BCUT2D eigenvalue weighted by molar-refractivity contribution is 0.169. The van der Waals surface area contributed by atoms with Gasteiger partial charge in [-0.3, -0.25) is 4.90 Å². The van der Waals surface area contributed by atoms with Gasteiger partial charge in [-0.15, -0.1) is 0 Å². The average Bonchev–Trinajstić information content (AvgIpc) is 2.36. The van der Waals surface area contributed by atoms with Crippen molar-refractivity contribution in [2.24, 2.45) is 5.73 Å². The van der Waals surface area contributed by atoms with Gasteiger partial charge in [0, 0.05) is 31.7 Å².